The van der Waals surface area contributed by atoms with Gasteiger partial charge in [-0.25, -0.2) is 4.79 Å². The zero-order valence-corrected chi connectivity index (χ0v) is 11.8. The summed E-state index contributed by atoms with van der Waals surface area (Å²) >= 11 is 0. The molecule has 1 aromatic rings. The van der Waals surface area contributed by atoms with E-state index in [1.165, 1.54) is 25.3 Å². The number of methoxy groups -OCH3 is 1. The van der Waals surface area contributed by atoms with Crippen molar-refractivity contribution in [3.8, 4) is 11.5 Å². The van der Waals surface area contributed by atoms with Gasteiger partial charge in [0.1, 0.15) is 29.8 Å². The summed E-state index contributed by atoms with van der Waals surface area (Å²) in [4.78, 5) is 11.1. The van der Waals surface area contributed by atoms with Gasteiger partial charge in [0.2, 0.25) is 0 Å². The molecule has 0 saturated carbocycles. The molecule has 0 aliphatic heterocycles. The fraction of sp³-hybridized carbons (Fsp3) is 0.500. The van der Waals surface area contributed by atoms with Crippen LogP contribution in [0.1, 0.15) is 24.2 Å². The van der Waals surface area contributed by atoms with E-state index >= 15 is 0 Å². The lowest BCUT2D eigenvalue weighted by molar-refractivity contribution is -0.0124. The molecule has 1 aromatic carbocycles. The van der Waals surface area contributed by atoms with E-state index in [-0.39, 0.29) is 30.6 Å². The summed E-state index contributed by atoms with van der Waals surface area (Å²) in [7, 11) is 1.48. The summed E-state index contributed by atoms with van der Waals surface area (Å²) in [6.45, 7) is 3.79. The molecule has 0 bridgehead atoms. The third-order valence-electron chi connectivity index (χ3n) is 2.47. The first kappa shape index (κ1) is 16.3. The van der Waals surface area contributed by atoms with Crippen LogP contribution in [0.5, 0.6) is 11.5 Å². The van der Waals surface area contributed by atoms with Crippen LogP contribution in [0, 0.1) is 0 Å². The van der Waals surface area contributed by atoms with Crippen LogP contribution in [0.4, 0.5) is 0 Å². The average molecular weight is 284 g/mol. The Labute approximate surface area is 117 Å². The van der Waals surface area contributed by atoms with Gasteiger partial charge in [0.15, 0.2) is 0 Å². The van der Waals surface area contributed by atoms with E-state index in [0.29, 0.717) is 5.75 Å². The molecular weight excluding hydrogens is 264 g/mol. The molecule has 0 aromatic heterocycles. The lowest BCUT2D eigenvalue weighted by Gasteiger charge is -2.16. The minimum absolute atomic E-state index is 0.0102. The Morgan fingerprint density at radius 1 is 1.30 bits per heavy atom. The van der Waals surface area contributed by atoms with Crippen LogP contribution in [0.15, 0.2) is 18.2 Å². The Kier molecular flexibility index (Phi) is 6.27. The second-order valence-electron chi connectivity index (χ2n) is 4.51. The summed E-state index contributed by atoms with van der Waals surface area (Å²) in [6.07, 6.45) is -0.818. The quantitative estimate of drug-likeness (QED) is 0.753. The molecule has 112 valence electrons. The molecule has 0 heterocycles. The van der Waals surface area contributed by atoms with Gasteiger partial charge in [-0.1, -0.05) is 0 Å². The van der Waals surface area contributed by atoms with Crippen LogP contribution in [0.2, 0.25) is 0 Å². The van der Waals surface area contributed by atoms with E-state index in [1.54, 1.807) is 0 Å². The summed E-state index contributed by atoms with van der Waals surface area (Å²) in [5, 5.41) is 18.7. The molecule has 0 aliphatic rings. The van der Waals surface area contributed by atoms with Crippen LogP contribution in [0.25, 0.3) is 0 Å². The fourth-order valence-electron chi connectivity index (χ4n) is 1.46. The van der Waals surface area contributed by atoms with Gasteiger partial charge in [-0.3, -0.25) is 0 Å². The lowest BCUT2D eigenvalue weighted by atomic mass is 10.2. The summed E-state index contributed by atoms with van der Waals surface area (Å²) in [6, 6.07) is 4.40. The first-order valence-corrected chi connectivity index (χ1v) is 6.27. The van der Waals surface area contributed by atoms with Crippen molar-refractivity contribution in [2.24, 2.45) is 0 Å². The van der Waals surface area contributed by atoms with Crippen LogP contribution < -0.4 is 9.47 Å². The Morgan fingerprint density at radius 3 is 2.55 bits per heavy atom. The number of aliphatic hydroxyl groups excluding tert-OH is 1. The molecule has 20 heavy (non-hydrogen) atoms. The van der Waals surface area contributed by atoms with Crippen molar-refractivity contribution < 1.29 is 29.2 Å². The van der Waals surface area contributed by atoms with Crippen molar-refractivity contribution in [2.45, 2.75) is 26.1 Å². The van der Waals surface area contributed by atoms with Crippen molar-refractivity contribution in [3.05, 3.63) is 23.8 Å². The number of carboxylic acid groups (broad SMARTS) is 1. The number of carbonyl (C=O) groups is 1. The Hall–Kier alpha value is -1.79. The largest absolute Gasteiger partial charge is 0.497 e. The topological polar surface area (TPSA) is 85.2 Å². The Morgan fingerprint density at radius 2 is 2.00 bits per heavy atom. The molecule has 0 fully saturated rings. The van der Waals surface area contributed by atoms with Crippen LogP contribution in [-0.4, -0.2) is 48.7 Å². The third-order valence-corrected chi connectivity index (χ3v) is 2.47. The minimum Gasteiger partial charge on any atom is -0.497 e. The SMILES string of the molecule is COc1ccc(C(=O)O)c(OCC(O)COC(C)C)c1. The molecule has 6 nitrogen and oxygen atoms in total. The maximum absolute atomic E-state index is 11.1. The van der Waals surface area contributed by atoms with Gasteiger partial charge in [-0.2, -0.15) is 0 Å². The normalized spacial score (nSPS) is 12.2. The van der Waals surface area contributed by atoms with Crippen molar-refractivity contribution in [1.29, 1.82) is 0 Å². The average Bonchev–Trinajstić information content (AvgIpc) is 2.42. The lowest BCUT2D eigenvalue weighted by Crippen LogP contribution is -2.25. The van der Waals surface area contributed by atoms with E-state index in [4.69, 9.17) is 19.3 Å². The first-order chi connectivity index (χ1) is 9.43. The number of ether oxygens (including phenoxy) is 3. The molecule has 2 N–H and O–H groups in total. The number of rotatable bonds is 8. The number of aromatic carboxylic acids is 1. The predicted octanol–water partition coefficient (Wildman–Crippen LogP) is 1.56. The molecule has 1 rings (SSSR count). The highest BCUT2D eigenvalue weighted by atomic mass is 16.5. The number of hydrogen-bond donors (Lipinski definition) is 2. The smallest absolute Gasteiger partial charge is 0.339 e. The summed E-state index contributed by atoms with van der Waals surface area (Å²) < 4.78 is 15.6. The second-order valence-corrected chi connectivity index (χ2v) is 4.51. The van der Waals surface area contributed by atoms with Gasteiger partial charge in [0.05, 0.1) is 19.8 Å². The van der Waals surface area contributed by atoms with Gasteiger partial charge in [-0.05, 0) is 26.0 Å². The van der Waals surface area contributed by atoms with Crippen molar-refractivity contribution in [1.82, 2.24) is 0 Å². The van der Waals surface area contributed by atoms with E-state index in [9.17, 15) is 9.90 Å². The van der Waals surface area contributed by atoms with Crippen LogP contribution in [-0.2, 0) is 4.74 Å². The third kappa shape index (κ3) is 5.07. The molecule has 0 spiro atoms. The molecule has 1 atom stereocenters. The van der Waals surface area contributed by atoms with Crippen LogP contribution in [0.3, 0.4) is 0 Å². The molecule has 0 radical (unpaired) electrons. The zero-order chi connectivity index (χ0) is 15.1. The monoisotopic (exact) mass is 284 g/mol. The first-order valence-electron chi connectivity index (χ1n) is 6.27. The minimum atomic E-state index is -1.10. The highest BCUT2D eigenvalue weighted by molar-refractivity contribution is 5.91. The maximum atomic E-state index is 11.1. The van der Waals surface area contributed by atoms with Crippen LogP contribution >= 0.6 is 0 Å². The van der Waals surface area contributed by atoms with Crippen molar-refractivity contribution >= 4 is 5.97 Å². The van der Waals surface area contributed by atoms with Gasteiger partial charge in [-0.15, -0.1) is 0 Å². The van der Waals surface area contributed by atoms with Gasteiger partial charge < -0.3 is 24.4 Å². The fourth-order valence-corrected chi connectivity index (χ4v) is 1.46. The van der Waals surface area contributed by atoms with E-state index < -0.39 is 12.1 Å². The van der Waals surface area contributed by atoms with Crippen molar-refractivity contribution in [3.63, 3.8) is 0 Å². The Balaban J connectivity index is 2.67. The number of hydrogen-bond acceptors (Lipinski definition) is 5. The molecule has 0 amide bonds. The highest BCUT2D eigenvalue weighted by Crippen LogP contribution is 2.25. The molecule has 0 saturated heterocycles. The van der Waals surface area contributed by atoms with Gasteiger partial charge >= 0.3 is 5.97 Å². The summed E-state index contributed by atoms with van der Waals surface area (Å²) in [5.74, 6) is -0.464. The number of carboxylic acids is 1. The second kappa shape index (κ2) is 7.72. The summed E-state index contributed by atoms with van der Waals surface area (Å²) in [5.41, 5.74) is 0.0165. The Bertz CT molecular complexity index is 443. The predicted molar refractivity (Wildman–Crippen MR) is 72.5 cm³/mol. The number of benzene rings is 1. The van der Waals surface area contributed by atoms with Gasteiger partial charge in [0.25, 0.3) is 0 Å². The van der Waals surface area contributed by atoms with Gasteiger partial charge in [0, 0.05) is 6.07 Å². The molecule has 1 unspecified atom stereocenters. The maximum Gasteiger partial charge on any atom is 0.339 e. The van der Waals surface area contributed by atoms with E-state index in [0.717, 1.165) is 0 Å². The standard InChI is InChI=1S/C14H20O6/c1-9(2)19-7-10(15)8-20-13-6-11(18-3)4-5-12(13)14(16)17/h4-6,9-10,15H,7-8H2,1-3H3,(H,16,17). The molecule has 0 aliphatic carbocycles. The highest BCUT2D eigenvalue weighted by Gasteiger charge is 2.14. The van der Waals surface area contributed by atoms with E-state index in [2.05, 4.69) is 0 Å². The number of aliphatic hydroxyl groups is 1. The van der Waals surface area contributed by atoms with E-state index in [1.807, 2.05) is 13.8 Å². The zero-order valence-electron chi connectivity index (χ0n) is 11.8. The molecular formula is C14H20O6. The molecule has 6 heteroatoms. The van der Waals surface area contributed by atoms with Crippen molar-refractivity contribution in [2.75, 3.05) is 20.3 Å².